The number of fused-ring (bicyclic) bond motifs is 1. The summed E-state index contributed by atoms with van der Waals surface area (Å²) in [5, 5.41) is 11.8. The molecule has 1 atom stereocenters. The number of hydrogen-bond donors (Lipinski definition) is 2. The minimum Gasteiger partial charge on any atom is -0.480 e. The van der Waals surface area contributed by atoms with Crippen LogP contribution < -0.4 is 10.2 Å². The van der Waals surface area contributed by atoms with E-state index in [0.29, 0.717) is 18.7 Å². The lowest BCUT2D eigenvalue weighted by Crippen LogP contribution is -2.48. The van der Waals surface area contributed by atoms with E-state index in [2.05, 4.69) is 11.9 Å². The fourth-order valence-electron chi connectivity index (χ4n) is 2.08. The molecule has 0 saturated heterocycles. The van der Waals surface area contributed by atoms with E-state index >= 15 is 0 Å². The quantitative estimate of drug-likeness (QED) is 0.792. The Bertz CT molecular complexity index is 499. The molecule has 0 bridgehead atoms. The number of benzene rings is 1. The highest BCUT2D eigenvalue weighted by Gasteiger charge is 2.37. The van der Waals surface area contributed by atoms with Gasteiger partial charge in [0.1, 0.15) is 6.04 Å². The molecule has 1 heterocycles. The van der Waals surface area contributed by atoms with Gasteiger partial charge in [-0.3, -0.25) is 4.90 Å². The Balaban J connectivity index is 2.31. The van der Waals surface area contributed by atoms with Crippen molar-refractivity contribution in [1.82, 2.24) is 5.32 Å². The van der Waals surface area contributed by atoms with Crippen LogP contribution in [0.5, 0.6) is 0 Å². The van der Waals surface area contributed by atoms with E-state index in [1.54, 1.807) is 18.2 Å². The van der Waals surface area contributed by atoms with Gasteiger partial charge in [-0.15, -0.1) is 6.58 Å². The third kappa shape index (κ3) is 2.07. The van der Waals surface area contributed by atoms with E-state index in [1.807, 2.05) is 12.1 Å². The molecule has 2 N–H and O–H groups in total. The monoisotopic (exact) mass is 246 g/mol. The molecule has 0 aromatic heterocycles. The van der Waals surface area contributed by atoms with Crippen LogP contribution in [0.4, 0.5) is 10.5 Å². The van der Waals surface area contributed by atoms with Crippen molar-refractivity contribution in [2.75, 3.05) is 11.4 Å². The first-order valence-electron chi connectivity index (χ1n) is 5.64. The van der Waals surface area contributed by atoms with Gasteiger partial charge in [0, 0.05) is 18.7 Å². The number of urea groups is 1. The molecular weight excluding hydrogens is 232 g/mol. The van der Waals surface area contributed by atoms with Crippen molar-refractivity contribution in [3.05, 3.63) is 42.5 Å². The fourth-order valence-corrected chi connectivity index (χ4v) is 2.08. The fraction of sp³-hybridized carbons (Fsp3) is 0.231. The summed E-state index contributed by atoms with van der Waals surface area (Å²) in [4.78, 5) is 24.5. The maximum absolute atomic E-state index is 12.0. The molecule has 5 heteroatoms. The number of carbonyl (C=O) groups excluding carboxylic acids is 1. The van der Waals surface area contributed by atoms with Crippen molar-refractivity contribution in [2.45, 2.75) is 12.5 Å². The minimum absolute atomic E-state index is 0.309. The Kier molecular flexibility index (Phi) is 3.32. The van der Waals surface area contributed by atoms with E-state index in [0.717, 1.165) is 5.56 Å². The van der Waals surface area contributed by atoms with Gasteiger partial charge in [-0.1, -0.05) is 24.3 Å². The van der Waals surface area contributed by atoms with Gasteiger partial charge in [-0.25, -0.2) is 9.59 Å². The van der Waals surface area contributed by atoms with Gasteiger partial charge >= 0.3 is 12.0 Å². The predicted molar refractivity (Wildman–Crippen MR) is 67.6 cm³/mol. The highest BCUT2D eigenvalue weighted by molar-refractivity contribution is 6.01. The largest absolute Gasteiger partial charge is 0.480 e. The van der Waals surface area contributed by atoms with Crippen molar-refractivity contribution in [1.29, 1.82) is 0 Å². The van der Waals surface area contributed by atoms with Crippen LogP contribution in [0, 0.1) is 0 Å². The van der Waals surface area contributed by atoms with Crippen molar-refractivity contribution in [3.63, 3.8) is 0 Å². The molecule has 18 heavy (non-hydrogen) atoms. The summed E-state index contributed by atoms with van der Waals surface area (Å²) < 4.78 is 0. The molecule has 1 aliphatic rings. The SMILES string of the molecule is C=CCNC(=O)N1c2ccccc2CC1C(=O)O. The Labute approximate surface area is 105 Å². The van der Waals surface area contributed by atoms with Crippen LogP contribution in [0.3, 0.4) is 0 Å². The highest BCUT2D eigenvalue weighted by atomic mass is 16.4. The number of rotatable bonds is 3. The summed E-state index contributed by atoms with van der Waals surface area (Å²) in [6, 6.07) is 5.97. The molecule has 0 saturated carbocycles. The van der Waals surface area contributed by atoms with Gasteiger partial charge in [0.15, 0.2) is 0 Å². The van der Waals surface area contributed by atoms with Crippen molar-refractivity contribution in [2.24, 2.45) is 0 Å². The van der Waals surface area contributed by atoms with Gasteiger partial charge in [-0.05, 0) is 11.6 Å². The zero-order valence-corrected chi connectivity index (χ0v) is 9.80. The minimum atomic E-state index is -1.00. The third-order valence-electron chi connectivity index (χ3n) is 2.88. The molecule has 1 unspecified atom stereocenters. The maximum atomic E-state index is 12.0. The molecule has 5 nitrogen and oxygen atoms in total. The van der Waals surface area contributed by atoms with Crippen LogP contribution in [-0.2, 0) is 11.2 Å². The van der Waals surface area contributed by atoms with Crippen LogP contribution in [-0.4, -0.2) is 29.7 Å². The van der Waals surface area contributed by atoms with Crippen molar-refractivity contribution >= 4 is 17.7 Å². The zero-order valence-electron chi connectivity index (χ0n) is 9.80. The van der Waals surface area contributed by atoms with Crippen LogP contribution in [0.2, 0.25) is 0 Å². The van der Waals surface area contributed by atoms with E-state index in [4.69, 9.17) is 0 Å². The average Bonchev–Trinajstić information content (AvgIpc) is 2.75. The molecule has 1 aromatic carbocycles. The number of carboxylic acid groups (broad SMARTS) is 1. The summed E-state index contributed by atoms with van der Waals surface area (Å²) in [7, 11) is 0. The Morgan fingerprint density at radius 2 is 2.22 bits per heavy atom. The first-order valence-corrected chi connectivity index (χ1v) is 5.64. The van der Waals surface area contributed by atoms with Gasteiger partial charge in [0.2, 0.25) is 0 Å². The number of anilines is 1. The number of nitrogens with one attached hydrogen (secondary N) is 1. The third-order valence-corrected chi connectivity index (χ3v) is 2.88. The topological polar surface area (TPSA) is 69.6 Å². The molecule has 0 aliphatic carbocycles. The van der Waals surface area contributed by atoms with Crippen LogP contribution >= 0.6 is 0 Å². The Morgan fingerprint density at radius 1 is 1.50 bits per heavy atom. The normalized spacial score (nSPS) is 17.1. The molecule has 0 spiro atoms. The second-order valence-electron chi connectivity index (χ2n) is 4.03. The molecule has 2 amide bonds. The van der Waals surface area contributed by atoms with Gasteiger partial charge in [-0.2, -0.15) is 0 Å². The number of carbonyl (C=O) groups is 2. The predicted octanol–water partition coefficient (Wildman–Crippen LogP) is 1.40. The second kappa shape index (κ2) is 4.91. The van der Waals surface area contributed by atoms with Crippen molar-refractivity contribution < 1.29 is 14.7 Å². The average molecular weight is 246 g/mol. The second-order valence-corrected chi connectivity index (χ2v) is 4.03. The summed E-state index contributed by atoms with van der Waals surface area (Å²) in [5.41, 5.74) is 1.53. The number of para-hydroxylation sites is 1. The van der Waals surface area contributed by atoms with E-state index in [1.165, 1.54) is 4.90 Å². The molecule has 94 valence electrons. The first-order chi connectivity index (χ1) is 8.65. The molecule has 0 fully saturated rings. The Hall–Kier alpha value is -2.30. The lowest BCUT2D eigenvalue weighted by molar-refractivity contribution is -0.138. The van der Waals surface area contributed by atoms with Gasteiger partial charge in [0.25, 0.3) is 0 Å². The molecule has 1 aromatic rings. The number of nitrogens with zero attached hydrogens (tertiary/aromatic N) is 1. The lowest BCUT2D eigenvalue weighted by atomic mass is 10.1. The molecule has 1 aliphatic heterocycles. The van der Waals surface area contributed by atoms with Crippen LogP contribution in [0.15, 0.2) is 36.9 Å². The summed E-state index contributed by atoms with van der Waals surface area (Å²) in [6.45, 7) is 3.82. The Morgan fingerprint density at radius 3 is 2.89 bits per heavy atom. The van der Waals surface area contributed by atoms with Crippen LogP contribution in [0.25, 0.3) is 0 Å². The van der Waals surface area contributed by atoms with Gasteiger partial charge in [0.05, 0.1) is 0 Å². The maximum Gasteiger partial charge on any atom is 0.327 e. The number of carboxylic acids is 1. The van der Waals surface area contributed by atoms with E-state index in [9.17, 15) is 14.7 Å². The van der Waals surface area contributed by atoms with Crippen LogP contribution in [0.1, 0.15) is 5.56 Å². The molecule has 2 rings (SSSR count). The number of amides is 2. The zero-order chi connectivity index (χ0) is 13.1. The lowest BCUT2D eigenvalue weighted by Gasteiger charge is -2.22. The molecular formula is C13H14N2O3. The number of hydrogen-bond acceptors (Lipinski definition) is 2. The first kappa shape index (κ1) is 12.2. The molecule has 0 radical (unpaired) electrons. The highest BCUT2D eigenvalue weighted by Crippen LogP contribution is 2.31. The van der Waals surface area contributed by atoms with E-state index in [-0.39, 0.29) is 0 Å². The summed E-state index contributed by atoms with van der Waals surface area (Å²) in [5.74, 6) is -1.00. The summed E-state index contributed by atoms with van der Waals surface area (Å²) >= 11 is 0. The van der Waals surface area contributed by atoms with E-state index < -0.39 is 18.0 Å². The van der Waals surface area contributed by atoms with Crippen molar-refractivity contribution in [3.8, 4) is 0 Å². The smallest absolute Gasteiger partial charge is 0.327 e. The van der Waals surface area contributed by atoms with Gasteiger partial charge < -0.3 is 10.4 Å². The standard InChI is InChI=1S/C13H14N2O3/c1-2-7-14-13(18)15-10-6-4-3-5-9(10)8-11(15)12(16)17/h2-6,11H,1,7-8H2,(H,14,18)(H,16,17). The number of aliphatic carboxylic acids is 1. The summed E-state index contributed by atoms with van der Waals surface area (Å²) in [6.07, 6.45) is 1.89.